The van der Waals surface area contributed by atoms with E-state index in [1.165, 1.54) is 11.1 Å². The van der Waals surface area contributed by atoms with Crippen molar-refractivity contribution in [1.29, 1.82) is 0 Å². The van der Waals surface area contributed by atoms with Gasteiger partial charge in [0.2, 0.25) is 0 Å². The van der Waals surface area contributed by atoms with Crippen LogP contribution in [0.2, 0.25) is 0 Å². The van der Waals surface area contributed by atoms with Crippen molar-refractivity contribution in [3.8, 4) is 0 Å². The molecule has 0 unspecified atom stereocenters. The first-order valence-corrected chi connectivity index (χ1v) is 5.09. The van der Waals surface area contributed by atoms with Gasteiger partial charge in [0.05, 0.1) is 5.71 Å². The third-order valence-corrected chi connectivity index (χ3v) is 2.56. The van der Waals surface area contributed by atoms with Gasteiger partial charge in [-0.05, 0) is 50.5 Å². The Hall–Kier alpha value is -1.84. The van der Waals surface area contributed by atoms with Gasteiger partial charge in [0.15, 0.2) is 0 Å². The van der Waals surface area contributed by atoms with E-state index in [1.54, 1.807) is 0 Å². The summed E-state index contributed by atoms with van der Waals surface area (Å²) in [4.78, 5) is 10.5. The van der Waals surface area contributed by atoms with Crippen LogP contribution in [-0.2, 0) is 0 Å². The first kappa shape index (κ1) is 12.2. The zero-order valence-corrected chi connectivity index (χ0v) is 10.1. The van der Waals surface area contributed by atoms with Gasteiger partial charge in [0.25, 0.3) is 0 Å². The third kappa shape index (κ3) is 2.82. The average molecular weight is 219 g/mol. The summed E-state index contributed by atoms with van der Waals surface area (Å²) < 4.78 is 0. The summed E-state index contributed by atoms with van der Waals surface area (Å²) in [7, 11) is 0. The van der Waals surface area contributed by atoms with E-state index < -0.39 is 6.03 Å². The summed E-state index contributed by atoms with van der Waals surface area (Å²) in [5.41, 5.74) is 12.5. The third-order valence-electron chi connectivity index (χ3n) is 2.56. The molecule has 0 saturated heterocycles. The second-order valence-electron chi connectivity index (χ2n) is 3.92. The molecular weight excluding hydrogens is 202 g/mol. The maximum atomic E-state index is 10.5. The largest absolute Gasteiger partial charge is 0.350 e. The Bertz CT molecular complexity index is 450. The Morgan fingerprint density at radius 2 is 1.75 bits per heavy atom. The van der Waals surface area contributed by atoms with Crippen LogP contribution in [0.4, 0.5) is 4.79 Å². The van der Waals surface area contributed by atoms with Gasteiger partial charge < -0.3 is 5.73 Å². The molecule has 0 saturated carbocycles. The number of carbonyl (C=O) groups excluding carboxylic acids is 1. The van der Waals surface area contributed by atoms with Gasteiger partial charge >= 0.3 is 6.03 Å². The predicted octanol–water partition coefficient (Wildman–Crippen LogP) is 2.00. The van der Waals surface area contributed by atoms with E-state index >= 15 is 0 Å². The fraction of sp³-hybridized carbons (Fsp3) is 0.333. The van der Waals surface area contributed by atoms with E-state index in [1.807, 2.05) is 20.8 Å². The minimum Gasteiger partial charge on any atom is -0.350 e. The van der Waals surface area contributed by atoms with Crippen LogP contribution in [0.1, 0.15) is 29.2 Å². The molecule has 0 radical (unpaired) electrons. The van der Waals surface area contributed by atoms with Crippen molar-refractivity contribution in [1.82, 2.24) is 5.43 Å². The van der Waals surface area contributed by atoms with E-state index in [9.17, 15) is 4.79 Å². The van der Waals surface area contributed by atoms with Crippen LogP contribution in [-0.4, -0.2) is 11.7 Å². The second kappa shape index (κ2) is 4.79. The highest BCUT2D eigenvalue weighted by molar-refractivity contribution is 6.00. The molecule has 0 heterocycles. The number of rotatable bonds is 2. The molecule has 0 bridgehead atoms. The van der Waals surface area contributed by atoms with Crippen LogP contribution in [0.15, 0.2) is 17.2 Å². The molecular formula is C12H17N3O. The van der Waals surface area contributed by atoms with Crippen LogP contribution in [0.5, 0.6) is 0 Å². The van der Waals surface area contributed by atoms with Crippen LogP contribution in [0, 0.1) is 20.8 Å². The number of aryl methyl sites for hydroxylation is 3. The van der Waals surface area contributed by atoms with Crippen molar-refractivity contribution >= 4 is 11.7 Å². The molecule has 2 amide bonds. The number of nitrogens with one attached hydrogen (secondary N) is 1. The SMILES string of the molecule is CC(=NNC(N)=O)c1cc(C)c(C)cc1C. The van der Waals surface area contributed by atoms with E-state index in [0.717, 1.165) is 16.8 Å². The number of nitrogens with zero attached hydrogens (tertiary/aromatic N) is 1. The van der Waals surface area contributed by atoms with Crippen LogP contribution < -0.4 is 11.2 Å². The summed E-state index contributed by atoms with van der Waals surface area (Å²) in [6.07, 6.45) is 0. The first-order chi connectivity index (χ1) is 7.41. The van der Waals surface area contributed by atoms with Crippen LogP contribution in [0.25, 0.3) is 0 Å². The Morgan fingerprint density at radius 3 is 2.31 bits per heavy atom. The molecule has 0 aliphatic rings. The number of nitrogens with two attached hydrogens (primary N) is 1. The van der Waals surface area contributed by atoms with Crippen molar-refractivity contribution in [3.63, 3.8) is 0 Å². The second-order valence-corrected chi connectivity index (χ2v) is 3.92. The summed E-state index contributed by atoms with van der Waals surface area (Å²) in [6, 6.07) is 3.51. The normalized spacial score (nSPS) is 11.4. The molecule has 4 heteroatoms. The number of hydrazone groups is 1. The molecule has 0 aliphatic heterocycles. The lowest BCUT2D eigenvalue weighted by Crippen LogP contribution is -2.25. The van der Waals surface area contributed by atoms with Gasteiger partial charge in [-0.15, -0.1) is 0 Å². The molecule has 0 spiro atoms. The van der Waals surface area contributed by atoms with Crippen molar-refractivity contribution in [2.45, 2.75) is 27.7 Å². The van der Waals surface area contributed by atoms with Gasteiger partial charge in [-0.3, -0.25) is 0 Å². The Balaban J connectivity index is 3.08. The van der Waals surface area contributed by atoms with Crippen molar-refractivity contribution < 1.29 is 4.79 Å². The number of hydrogen-bond donors (Lipinski definition) is 2. The lowest BCUT2D eigenvalue weighted by molar-refractivity contribution is 0.249. The van der Waals surface area contributed by atoms with E-state index in [-0.39, 0.29) is 0 Å². The highest BCUT2D eigenvalue weighted by Crippen LogP contribution is 2.15. The fourth-order valence-corrected chi connectivity index (χ4v) is 1.55. The smallest absolute Gasteiger partial charge is 0.332 e. The molecule has 0 atom stereocenters. The van der Waals surface area contributed by atoms with E-state index in [4.69, 9.17) is 5.73 Å². The summed E-state index contributed by atoms with van der Waals surface area (Å²) in [5, 5.41) is 3.92. The molecule has 3 N–H and O–H groups in total. The zero-order chi connectivity index (χ0) is 12.3. The Morgan fingerprint density at radius 1 is 1.19 bits per heavy atom. The summed E-state index contributed by atoms with van der Waals surface area (Å²) >= 11 is 0. The maximum Gasteiger partial charge on any atom is 0.332 e. The Kier molecular flexibility index (Phi) is 3.66. The molecule has 4 nitrogen and oxygen atoms in total. The minimum absolute atomic E-state index is 0.652. The Labute approximate surface area is 95.5 Å². The summed E-state index contributed by atoms with van der Waals surface area (Å²) in [6.45, 7) is 7.98. The topological polar surface area (TPSA) is 67.5 Å². The molecule has 0 aromatic heterocycles. The lowest BCUT2D eigenvalue weighted by atomic mass is 9.98. The monoisotopic (exact) mass is 219 g/mol. The number of amides is 2. The molecule has 1 aromatic rings. The molecule has 0 aliphatic carbocycles. The summed E-state index contributed by atoms with van der Waals surface area (Å²) in [5.74, 6) is 0. The van der Waals surface area contributed by atoms with Gasteiger partial charge in [0, 0.05) is 5.56 Å². The maximum absolute atomic E-state index is 10.5. The van der Waals surface area contributed by atoms with Crippen LogP contribution >= 0.6 is 0 Å². The number of primary amides is 1. The molecule has 16 heavy (non-hydrogen) atoms. The molecule has 1 aromatic carbocycles. The highest BCUT2D eigenvalue weighted by Gasteiger charge is 2.05. The van der Waals surface area contributed by atoms with Gasteiger partial charge in [-0.2, -0.15) is 5.10 Å². The standard InChI is InChI=1S/C12H17N3O/c1-7-5-9(3)11(6-8(7)2)10(4)14-15-12(13)16/h5-6H,1-4H3,(H3,13,15,16). The molecule has 86 valence electrons. The number of carbonyl (C=O) groups is 1. The van der Waals surface area contributed by atoms with Crippen molar-refractivity contribution in [2.75, 3.05) is 0 Å². The average Bonchev–Trinajstić information content (AvgIpc) is 2.20. The first-order valence-electron chi connectivity index (χ1n) is 5.09. The minimum atomic E-state index is -0.652. The van der Waals surface area contributed by atoms with Crippen LogP contribution in [0.3, 0.4) is 0 Å². The van der Waals surface area contributed by atoms with Gasteiger partial charge in [-0.1, -0.05) is 6.07 Å². The van der Waals surface area contributed by atoms with Gasteiger partial charge in [-0.25, -0.2) is 10.2 Å². The number of hydrogen-bond acceptors (Lipinski definition) is 2. The van der Waals surface area contributed by atoms with Crippen molar-refractivity contribution in [2.24, 2.45) is 10.8 Å². The van der Waals surface area contributed by atoms with Crippen molar-refractivity contribution in [3.05, 3.63) is 34.4 Å². The number of urea groups is 1. The zero-order valence-electron chi connectivity index (χ0n) is 10.1. The van der Waals surface area contributed by atoms with Gasteiger partial charge in [0.1, 0.15) is 0 Å². The fourth-order valence-electron chi connectivity index (χ4n) is 1.55. The highest BCUT2D eigenvalue weighted by atomic mass is 16.2. The van der Waals surface area contributed by atoms with E-state index in [2.05, 4.69) is 29.6 Å². The lowest BCUT2D eigenvalue weighted by Gasteiger charge is -2.09. The van der Waals surface area contributed by atoms with E-state index in [0.29, 0.717) is 0 Å². The molecule has 0 fully saturated rings. The predicted molar refractivity (Wildman–Crippen MR) is 65.6 cm³/mol. The molecule has 1 rings (SSSR count). The number of benzene rings is 1. The quantitative estimate of drug-likeness (QED) is 0.579.